The van der Waals surface area contributed by atoms with Crippen LogP contribution in [0.5, 0.6) is 0 Å². The van der Waals surface area contributed by atoms with Gasteiger partial charge in [0, 0.05) is 25.4 Å². The average Bonchev–Trinajstić information content (AvgIpc) is 2.41. The molecule has 0 radical (unpaired) electrons. The molecular formula is C13H14F3NO3S. The van der Waals surface area contributed by atoms with Gasteiger partial charge in [0.05, 0.1) is 10.5 Å². The fourth-order valence-corrected chi connectivity index (χ4v) is 3.76. The first-order chi connectivity index (χ1) is 9.62. The first kappa shape index (κ1) is 16.0. The summed E-state index contributed by atoms with van der Waals surface area (Å²) in [5.74, 6) is -0.482. The summed E-state index contributed by atoms with van der Waals surface area (Å²) in [7, 11) is -4.02. The van der Waals surface area contributed by atoms with Crippen LogP contribution in [0.2, 0.25) is 0 Å². The van der Waals surface area contributed by atoms with E-state index >= 15 is 0 Å². The molecule has 8 heteroatoms. The van der Waals surface area contributed by atoms with Crippen molar-refractivity contribution in [2.75, 3.05) is 13.1 Å². The van der Waals surface area contributed by atoms with E-state index in [1.807, 2.05) is 0 Å². The van der Waals surface area contributed by atoms with Crippen LogP contribution in [-0.4, -0.2) is 31.6 Å². The van der Waals surface area contributed by atoms with Crippen LogP contribution in [0.15, 0.2) is 29.2 Å². The minimum atomic E-state index is -4.60. The number of piperidine rings is 1. The first-order valence-electron chi connectivity index (χ1n) is 6.32. The van der Waals surface area contributed by atoms with E-state index in [2.05, 4.69) is 0 Å². The SMILES string of the molecule is CC1CN(S(=O)(=O)c2cccc(C(F)(F)F)c2)CCC1=O. The molecule has 1 heterocycles. The zero-order valence-corrected chi connectivity index (χ0v) is 12.0. The van der Waals surface area contributed by atoms with Crippen molar-refractivity contribution in [3.05, 3.63) is 29.8 Å². The van der Waals surface area contributed by atoms with Crippen LogP contribution in [0, 0.1) is 5.92 Å². The second kappa shape index (κ2) is 5.42. The van der Waals surface area contributed by atoms with Gasteiger partial charge in [0.2, 0.25) is 10.0 Å². The van der Waals surface area contributed by atoms with E-state index in [4.69, 9.17) is 0 Å². The number of benzene rings is 1. The van der Waals surface area contributed by atoms with Gasteiger partial charge >= 0.3 is 6.18 Å². The number of ketones is 1. The third-order valence-electron chi connectivity index (χ3n) is 3.43. The molecule has 1 aromatic rings. The van der Waals surface area contributed by atoms with Gasteiger partial charge in [0.15, 0.2) is 0 Å². The molecule has 1 saturated heterocycles. The van der Waals surface area contributed by atoms with Gasteiger partial charge in [-0.15, -0.1) is 0 Å². The van der Waals surface area contributed by atoms with Crippen molar-refractivity contribution >= 4 is 15.8 Å². The van der Waals surface area contributed by atoms with Crippen LogP contribution in [0.4, 0.5) is 13.2 Å². The van der Waals surface area contributed by atoms with Gasteiger partial charge in [-0.2, -0.15) is 17.5 Å². The highest BCUT2D eigenvalue weighted by Gasteiger charge is 2.35. The average molecular weight is 321 g/mol. The van der Waals surface area contributed by atoms with Crippen LogP contribution in [0.25, 0.3) is 0 Å². The molecule has 1 aromatic carbocycles. The lowest BCUT2D eigenvalue weighted by atomic mass is 10.0. The van der Waals surface area contributed by atoms with E-state index in [9.17, 15) is 26.4 Å². The standard InChI is InChI=1S/C13H14F3NO3S/c1-9-8-17(6-5-12(9)18)21(19,20)11-4-2-3-10(7-11)13(14,15)16/h2-4,7,9H,5-6,8H2,1H3. The van der Waals surface area contributed by atoms with Gasteiger partial charge in [-0.25, -0.2) is 8.42 Å². The summed E-state index contributed by atoms with van der Waals surface area (Å²) in [5, 5.41) is 0. The largest absolute Gasteiger partial charge is 0.416 e. The Morgan fingerprint density at radius 3 is 2.52 bits per heavy atom. The number of rotatable bonds is 2. The van der Waals surface area contributed by atoms with Gasteiger partial charge in [-0.3, -0.25) is 4.79 Å². The molecule has 1 aliphatic rings. The van der Waals surface area contributed by atoms with Crippen molar-refractivity contribution in [1.82, 2.24) is 4.31 Å². The van der Waals surface area contributed by atoms with E-state index < -0.39 is 32.6 Å². The quantitative estimate of drug-likeness (QED) is 0.840. The number of carbonyl (C=O) groups is 1. The lowest BCUT2D eigenvalue weighted by Crippen LogP contribution is -2.43. The molecule has 0 spiro atoms. The summed E-state index contributed by atoms with van der Waals surface area (Å²) in [6.07, 6.45) is -4.52. The monoisotopic (exact) mass is 321 g/mol. The second-order valence-corrected chi connectivity index (χ2v) is 6.94. The third-order valence-corrected chi connectivity index (χ3v) is 5.30. The van der Waals surface area contributed by atoms with Gasteiger partial charge in [-0.1, -0.05) is 13.0 Å². The molecule has 0 amide bonds. The number of halogens is 3. The molecule has 1 fully saturated rings. The van der Waals surface area contributed by atoms with Crippen LogP contribution < -0.4 is 0 Å². The Bertz CT molecular complexity index is 655. The van der Waals surface area contributed by atoms with Crippen LogP contribution in [-0.2, 0) is 21.0 Å². The van der Waals surface area contributed by atoms with Crippen molar-refractivity contribution < 1.29 is 26.4 Å². The van der Waals surface area contributed by atoms with Crippen molar-refractivity contribution in [3.8, 4) is 0 Å². The van der Waals surface area contributed by atoms with Crippen molar-refractivity contribution in [1.29, 1.82) is 0 Å². The molecule has 21 heavy (non-hydrogen) atoms. The molecule has 116 valence electrons. The summed E-state index contributed by atoms with van der Waals surface area (Å²) < 4.78 is 63.8. The number of carbonyl (C=O) groups excluding carboxylic acids is 1. The Morgan fingerprint density at radius 2 is 1.95 bits per heavy atom. The molecule has 1 unspecified atom stereocenters. The molecule has 0 aromatic heterocycles. The van der Waals surface area contributed by atoms with Gasteiger partial charge in [-0.05, 0) is 18.2 Å². The Labute approximate surface area is 120 Å². The Balaban J connectivity index is 2.34. The summed E-state index contributed by atoms with van der Waals surface area (Å²) in [5.41, 5.74) is -1.01. The summed E-state index contributed by atoms with van der Waals surface area (Å²) >= 11 is 0. The van der Waals surface area contributed by atoms with E-state index in [0.717, 1.165) is 22.5 Å². The molecular weight excluding hydrogens is 307 g/mol. The molecule has 0 N–H and O–H groups in total. The van der Waals surface area contributed by atoms with Crippen LogP contribution in [0.1, 0.15) is 18.9 Å². The molecule has 2 rings (SSSR count). The second-order valence-electron chi connectivity index (χ2n) is 5.01. The zero-order valence-electron chi connectivity index (χ0n) is 11.2. The number of nitrogens with zero attached hydrogens (tertiary/aromatic N) is 1. The Hall–Kier alpha value is -1.41. The highest BCUT2D eigenvalue weighted by molar-refractivity contribution is 7.89. The molecule has 1 aliphatic heterocycles. The maximum Gasteiger partial charge on any atom is 0.416 e. The van der Waals surface area contributed by atoms with Crippen molar-refractivity contribution in [3.63, 3.8) is 0 Å². The smallest absolute Gasteiger partial charge is 0.299 e. The van der Waals surface area contributed by atoms with Gasteiger partial charge < -0.3 is 0 Å². The van der Waals surface area contributed by atoms with Gasteiger partial charge in [0.25, 0.3) is 0 Å². The van der Waals surface area contributed by atoms with Crippen molar-refractivity contribution in [2.45, 2.75) is 24.4 Å². The molecule has 0 aliphatic carbocycles. The Kier molecular flexibility index (Phi) is 4.12. The van der Waals surface area contributed by atoms with E-state index in [1.54, 1.807) is 6.92 Å². The molecule has 0 bridgehead atoms. The summed E-state index contributed by atoms with van der Waals surface area (Å²) in [4.78, 5) is 11.0. The number of sulfonamides is 1. The summed E-state index contributed by atoms with van der Waals surface area (Å²) in [6.45, 7) is 1.61. The minimum Gasteiger partial charge on any atom is -0.299 e. The Morgan fingerprint density at radius 1 is 1.29 bits per heavy atom. The lowest BCUT2D eigenvalue weighted by molar-refractivity contribution is -0.137. The number of hydrogen-bond donors (Lipinski definition) is 0. The fraction of sp³-hybridized carbons (Fsp3) is 0.462. The normalized spacial score (nSPS) is 21.5. The molecule has 0 saturated carbocycles. The van der Waals surface area contributed by atoms with E-state index in [1.165, 1.54) is 0 Å². The fourth-order valence-electron chi connectivity index (χ4n) is 2.18. The number of Topliss-reactive ketones (excluding diaryl/α,β-unsaturated/α-hetero) is 1. The number of alkyl halides is 3. The predicted octanol–water partition coefficient (Wildman–Crippen LogP) is 2.31. The predicted molar refractivity (Wildman–Crippen MR) is 69.0 cm³/mol. The summed E-state index contributed by atoms with van der Waals surface area (Å²) in [6, 6.07) is 3.64. The molecule has 4 nitrogen and oxygen atoms in total. The minimum absolute atomic E-state index is 0.00174. The van der Waals surface area contributed by atoms with E-state index in [-0.39, 0.29) is 25.3 Å². The van der Waals surface area contributed by atoms with Crippen LogP contribution in [0.3, 0.4) is 0 Å². The van der Waals surface area contributed by atoms with Gasteiger partial charge in [0.1, 0.15) is 5.78 Å². The number of hydrogen-bond acceptors (Lipinski definition) is 3. The van der Waals surface area contributed by atoms with Crippen molar-refractivity contribution in [2.24, 2.45) is 5.92 Å². The highest BCUT2D eigenvalue weighted by Crippen LogP contribution is 2.31. The lowest BCUT2D eigenvalue weighted by Gasteiger charge is -2.29. The maximum absolute atomic E-state index is 12.7. The maximum atomic E-state index is 12.7. The molecule has 1 atom stereocenters. The first-order valence-corrected chi connectivity index (χ1v) is 7.76. The zero-order chi connectivity index (χ0) is 15.8. The third kappa shape index (κ3) is 3.26. The van der Waals surface area contributed by atoms with Crippen LogP contribution >= 0.6 is 0 Å². The van der Waals surface area contributed by atoms with E-state index in [0.29, 0.717) is 6.07 Å². The topological polar surface area (TPSA) is 54.5 Å². The highest BCUT2D eigenvalue weighted by atomic mass is 32.2.